The van der Waals surface area contributed by atoms with Gasteiger partial charge in [-0.15, -0.1) is 0 Å². The molecule has 1 heterocycles. The smallest absolute Gasteiger partial charge is 0.405 e. The minimum absolute atomic E-state index is 0.00102. The van der Waals surface area contributed by atoms with Crippen LogP contribution < -0.4 is 15.4 Å². The molecule has 96 valence electrons. The highest BCUT2D eigenvalue weighted by molar-refractivity contribution is 5.67. The van der Waals surface area contributed by atoms with E-state index in [9.17, 15) is 13.2 Å². The molecule has 0 spiro atoms. The first-order chi connectivity index (χ1) is 7.89. The second-order valence-electron chi connectivity index (χ2n) is 3.25. The second kappa shape index (κ2) is 5.07. The summed E-state index contributed by atoms with van der Waals surface area (Å²) in [5.74, 6) is 0.0901. The average molecular weight is 250 g/mol. The quantitative estimate of drug-likeness (QED) is 0.876. The minimum Gasteiger partial charge on any atom is -0.479 e. The Kier molecular flexibility index (Phi) is 3.97. The van der Waals surface area contributed by atoms with Crippen molar-refractivity contribution in [3.63, 3.8) is 0 Å². The topological polar surface area (TPSA) is 64.3 Å². The summed E-state index contributed by atoms with van der Waals surface area (Å²) in [5.41, 5.74) is 5.63. The molecule has 0 saturated heterocycles. The van der Waals surface area contributed by atoms with Gasteiger partial charge in [-0.2, -0.15) is 18.2 Å². The summed E-state index contributed by atoms with van der Waals surface area (Å²) in [5, 5.41) is 0. The number of alkyl halides is 3. The molecule has 0 radical (unpaired) electrons. The second-order valence-corrected chi connectivity index (χ2v) is 3.25. The van der Waals surface area contributed by atoms with Gasteiger partial charge in [0.15, 0.2) is 5.82 Å². The molecule has 0 aliphatic rings. The van der Waals surface area contributed by atoms with Crippen molar-refractivity contribution in [1.82, 2.24) is 9.97 Å². The standard InChI is InChI=1S/C9H13F3N4O/c1-3-16(4-9(10,11)12)7-6(13)8(17-2)15-5-14-7/h5H,3-4,13H2,1-2H3. The highest BCUT2D eigenvalue weighted by atomic mass is 19.4. The van der Waals surface area contributed by atoms with Crippen LogP contribution in [0.1, 0.15) is 6.92 Å². The van der Waals surface area contributed by atoms with Gasteiger partial charge in [-0.05, 0) is 6.92 Å². The van der Waals surface area contributed by atoms with E-state index >= 15 is 0 Å². The van der Waals surface area contributed by atoms with Crippen LogP contribution in [-0.4, -0.2) is 36.3 Å². The number of nitrogens with zero attached hydrogens (tertiary/aromatic N) is 3. The summed E-state index contributed by atoms with van der Waals surface area (Å²) in [4.78, 5) is 8.47. The van der Waals surface area contributed by atoms with Crippen molar-refractivity contribution < 1.29 is 17.9 Å². The third kappa shape index (κ3) is 3.36. The van der Waals surface area contributed by atoms with E-state index < -0.39 is 12.7 Å². The van der Waals surface area contributed by atoms with Gasteiger partial charge >= 0.3 is 6.18 Å². The number of nitrogen functional groups attached to an aromatic ring is 1. The zero-order valence-corrected chi connectivity index (χ0v) is 9.45. The van der Waals surface area contributed by atoms with E-state index in [4.69, 9.17) is 10.5 Å². The van der Waals surface area contributed by atoms with Gasteiger partial charge in [0.25, 0.3) is 0 Å². The molecule has 0 aromatic carbocycles. The van der Waals surface area contributed by atoms with E-state index in [0.29, 0.717) is 0 Å². The van der Waals surface area contributed by atoms with Crippen molar-refractivity contribution >= 4 is 11.5 Å². The van der Waals surface area contributed by atoms with E-state index in [1.807, 2.05) is 0 Å². The first-order valence-corrected chi connectivity index (χ1v) is 4.85. The van der Waals surface area contributed by atoms with Crippen LogP contribution in [0.25, 0.3) is 0 Å². The predicted octanol–water partition coefficient (Wildman–Crippen LogP) is 1.46. The summed E-state index contributed by atoms with van der Waals surface area (Å²) in [7, 11) is 1.34. The normalized spacial score (nSPS) is 11.4. The summed E-state index contributed by atoms with van der Waals surface area (Å²) in [6.07, 6.45) is -3.20. The summed E-state index contributed by atoms with van der Waals surface area (Å²) in [6, 6.07) is 0. The van der Waals surface area contributed by atoms with Crippen molar-refractivity contribution in [2.75, 3.05) is 30.8 Å². The molecule has 0 atom stereocenters. The number of anilines is 2. The Hall–Kier alpha value is -1.73. The molecule has 8 heteroatoms. The number of ether oxygens (including phenoxy) is 1. The van der Waals surface area contributed by atoms with Crippen LogP contribution in [0.3, 0.4) is 0 Å². The third-order valence-corrected chi connectivity index (χ3v) is 2.07. The van der Waals surface area contributed by atoms with E-state index in [-0.39, 0.29) is 23.9 Å². The number of rotatable bonds is 4. The van der Waals surface area contributed by atoms with E-state index in [2.05, 4.69) is 9.97 Å². The third-order valence-electron chi connectivity index (χ3n) is 2.07. The molecule has 0 bridgehead atoms. The van der Waals surface area contributed by atoms with E-state index in [0.717, 1.165) is 11.2 Å². The first kappa shape index (κ1) is 13.3. The number of methoxy groups -OCH3 is 1. The maximum atomic E-state index is 12.3. The van der Waals surface area contributed by atoms with Gasteiger partial charge in [0, 0.05) is 6.54 Å². The Morgan fingerprint density at radius 1 is 1.41 bits per heavy atom. The Bertz CT molecular complexity index is 383. The number of nitrogens with two attached hydrogens (primary N) is 1. The molecule has 0 aliphatic carbocycles. The van der Waals surface area contributed by atoms with E-state index in [1.54, 1.807) is 6.92 Å². The van der Waals surface area contributed by atoms with E-state index in [1.165, 1.54) is 7.11 Å². The SMILES string of the molecule is CCN(CC(F)(F)F)c1ncnc(OC)c1N. The Balaban J connectivity index is 3.04. The first-order valence-electron chi connectivity index (χ1n) is 4.85. The predicted molar refractivity (Wildman–Crippen MR) is 56.9 cm³/mol. The van der Waals surface area contributed by atoms with Crippen molar-refractivity contribution in [3.8, 4) is 5.88 Å². The monoisotopic (exact) mass is 250 g/mol. The van der Waals surface area contributed by atoms with Gasteiger partial charge in [0.2, 0.25) is 5.88 Å². The van der Waals surface area contributed by atoms with Gasteiger partial charge in [-0.3, -0.25) is 0 Å². The van der Waals surface area contributed by atoms with Crippen molar-refractivity contribution in [1.29, 1.82) is 0 Å². The lowest BCUT2D eigenvalue weighted by Crippen LogP contribution is -2.35. The molecule has 0 fully saturated rings. The fraction of sp³-hybridized carbons (Fsp3) is 0.556. The molecule has 1 aromatic rings. The Morgan fingerprint density at radius 2 is 2.06 bits per heavy atom. The highest BCUT2D eigenvalue weighted by Crippen LogP contribution is 2.29. The van der Waals surface area contributed by atoms with Gasteiger partial charge in [0.1, 0.15) is 18.6 Å². The summed E-state index contributed by atoms with van der Waals surface area (Å²) >= 11 is 0. The molecular weight excluding hydrogens is 237 g/mol. The van der Waals surface area contributed by atoms with Crippen molar-refractivity contribution in [3.05, 3.63) is 6.33 Å². The number of hydrogen-bond donors (Lipinski definition) is 1. The maximum Gasteiger partial charge on any atom is 0.405 e. The Labute approximate surface area is 96.4 Å². The largest absolute Gasteiger partial charge is 0.479 e. The van der Waals surface area contributed by atoms with Gasteiger partial charge in [0.05, 0.1) is 7.11 Å². The molecule has 0 unspecified atom stereocenters. The highest BCUT2D eigenvalue weighted by Gasteiger charge is 2.31. The van der Waals surface area contributed by atoms with Crippen LogP contribution in [0.2, 0.25) is 0 Å². The molecule has 0 saturated carbocycles. The van der Waals surface area contributed by atoms with Gasteiger partial charge < -0.3 is 15.4 Å². The van der Waals surface area contributed by atoms with Crippen LogP contribution in [0.5, 0.6) is 5.88 Å². The van der Waals surface area contributed by atoms with Crippen LogP contribution in [0, 0.1) is 0 Å². The number of aromatic nitrogens is 2. The van der Waals surface area contributed by atoms with Crippen LogP contribution in [0.4, 0.5) is 24.7 Å². The zero-order valence-electron chi connectivity index (χ0n) is 9.45. The lowest BCUT2D eigenvalue weighted by atomic mass is 10.4. The van der Waals surface area contributed by atoms with Crippen LogP contribution in [0.15, 0.2) is 6.33 Å². The summed E-state index contributed by atoms with van der Waals surface area (Å²) in [6.45, 7) is 0.595. The molecule has 17 heavy (non-hydrogen) atoms. The van der Waals surface area contributed by atoms with Crippen LogP contribution in [-0.2, 0) is 0 Å². The van der Waals surface area contributed by atoms with Crippen LogP contribution >= 0.6 is 0 Å². The van der Waals surface area contributed by atoms with Crippen molar-refractivity contribution in [2.45, 2.75) is 13.1 Å². The molecule has 1 aromatic heterocycles. The molecular formula is C9H13F3N4O. The molecule has 5 nitrogen and oxygen atoms in total. The Morgan fingerprint density at radius 3 is 2.53 bits per heavy atom. The fourth-order valence-corrected chi connectivity index (χ4v) is 1.34. The maximum absolute atomic E-state index is 12.3. The lowest BCUT2D eigenvalue weighted by Gasteiger charge is -2.24. The summed E-state index contributed by atoms with van der Waals surface area (Å²) < 4.78 is 41.8. The zero-order chi connectivity index (χ0) is 13.1. The van der Waals surface area contributed by atoms with Gasteiger partial charge in [-0.25, -0.2) is 4.98 Å². The fourth-order valence-electron chi connectivity index (χ4n) is 1.34. The van der Waals surface area contributed by atoms with Crippen molar-refractivity contribution in [2.24, 2.45) is 0 Å². The average Bonchev–Trinajstić information content (AvgIpc) is 2.25. The lowest BCUT2D eigenvalue weighted by molar-refractivity contribution is -0.119. The number of hydrogen-bond acceptors (Lipinski definition) is 5. The molecule has 0 aliphatic heterocycles. The number of halogens is 3. The molecule has 1 rings (SSSR count). The molecule has 2 N–H and O–H groups in total. The molecule has 0 amide bonds. The van der Waals surface area contributed by atoms with Gasteiger partial charge in [-0.1, -0.05) is 0 Å². The minimum atomic E-state index is -4.32.